The van der Waals surface area contributed by atoms with Gasteiger partial charge in [-0.05, 0) is 37.3 Å². The summed E-state index contributed by atoms with van der Waals surface area (Å²) >= 11 is 1.84. The van der Waals surface area contributed by atoms with Gasteiger partial charge in [-0.2, -0.15) is 5.10 Å². The number of nitrogens with zero attached hydrogens (tertiary/aromatic N) is 2. The SMILES string of the molecule is CCNC(CCc1cccs1)c1cn(C)nc1CC. The highest BCUT2D eigenvalue weighted by Crippen LogP contribution is 2.23. The fourth-order valence-electron chi connectivity index (χ4n) is 2.47. The maximum absolute atomic E-state index is 4.56. The van der Waals surface area contributed by atoms with Gasteiger partial charge in [0.15, 0.2) is 0 Å². The van der Waals surface area contributed by atoms with E-state index in [2.05, 4.69) is 48.0 Å². The number of hydrogen-bond acceptors (Lipinski definition) is 3. The van der Waals surface area contributed by atoms with Crippen molar-refractivity contribution >= 4 is 11.3 Å². The fraction of sp³-hybridized carbons (Fsp3) is 0.533. The van der Waals surface area contributed by atoms with E-state index in [1.54, 1.807) is 0 Å². The van der Waals surface area contributed by atoms with Crippen molar-refractivity contribution in [2.45, 2.75) is 39.2 Å². The summed E-state index contributed by atoms with van der Waals surface area (Å²) in [5, 5.41) is 10.3. The maximum Gasteiger partial charge on any atom is 0.0669 e. The van der Waals surface area contributed by atoms with Crippen LogP contribution in [0.4, 0.5) is 0 Å². The highest BCUT2D eigenvalue weighted by Gasteiger charge is 2.17. The molecule has 3 nitrogen and oxygen atoms in total. The van der Waals surface area contributed by atoms with Crippen molar-refractivity contribution in [3.63, 3.8) is 0 Å². The summed E-state index contributed by atoms with van der Waals surface area (Å²) in [5.41, 5.74) is 2.59. The number of rotatable bonds is 7. The Labute approximate surface area is 119 Å². The predicted octanol–water partition coefficient (Wildman–Crippen LogP) is 3.33. The van der Waals surface area contributed by atoms with Crippen LogP contribution < -0.4 is 5.32 Å². The molecule has 19 heavy (non-hydrogen) atoms. The van der Waals surface area contributed by atoms with Crippen molar-refractivity contribution in [2.75, 3.05) is 6.54 Å². The van der Waals surface area contributed by atoms with Crippen LogP contribution >= 0.6 is 11.3 Å². The van der Waals surface area contributed by atoms with Crippen LogP contribution in [0.3, 0.4) is 0 Å². The molecule has 2 heterocycles. The quantitative estimate of drug-likeness (QED) is 0.841. The van der Waals surface area contributed by atoms with Gasteiger partial charge >= 0.3 is 0 Å². The van der Waals surface area contributed by atoms with Gasteiger partial charge in [0.25, 0.3) is 0 Å². The molecule has 1 unspecified atom stereocenters. The van der Waals surface area contributed by atoms with Crippen molar-refractivity contribution in [3.05, 3.63) is 39.8 Å². The van der Waals surface area contributed by atoms with Gasteiger partial charge in [0, 0.05) is 29.7 Å². The first-order valence-corrected chi connectivity index (χ1v) is 7.90. The Morgan fingerprint density at radius 2 is 2.26 bits per heavy atom. The number of aromatic nitrogens is 2. The molecule has 2 aromatic rings. The molecule has 104 valence electrons. The van der Waals surface area contributed by atoms with E-state index in [0.29, 0.717) is 6.04 Å². The molecule has 1 atom stereocenters. The van der Waals surface area contributed by atoms with Crippen LogP contribution in [0.5, 0.6) is 0 Å². The number of aryl methyl sites for hydroxylation is 3. The van der Waals surface area contributed by atoms with Crippen molar-refractivity contribution in [2.24, 2.45) is 7.05 Å². The normalized spacial score (nSPS) is 12.8. The number of hydrogen-bond donors (Lipinski definition) is 1. The molecule has 0 saturated heterocycles. The average molecular weight is 277 g/mol. The van der Waals surface area contributed by atoms with E-state index in [0.717, 1.165) is 25.8 Å². The smallest absolute Gasteiger partial charge is 0.0669 e. The summed E-state index contributed by atoms with van der Waals surface area (Å²) in [5.74, 6) is 0. The van der Waals surface area contributed by atoms with Crippen LogP contribution in [0.25, 0.3) is 0 Å². The van der Waals surface area contributed by atoms with Gasteiger partial charge < -0.3 is 5.32 Å². The predicted molar refractivity (Wildman–Crippen MR) is 81.6 cm³/mol. The van der Waals surface area contributed by atoms with E-state index < -0.39 is 0 Å². The zero-order chi connectivity index (χ0) is 13.7. The van der Waals surface area contributed by atoms with E-state index in [-0.39, 0.29) is 0 Å². The second-order valence-corrected chi connectivity index (χ2v) is 5.82. The van der Waals surface area contributed by atoms with Crippen LogP contribution in [-0.4, -0.2) is 16.3 Å². The van der Waals surface area contributed by atoms with E-state index >= 15 is 0 Å². The van der Waals surface area contributed by atoms with Crippen LogP contribution in [0.15, 0.2) is 23.7 Å². The Kier molecular flexibility index (Phi) is 5.16. The molecule has 0 amide bonds. The lowest BCUT2D eigenvalue weighted by Crippen LogP contribution is -2.22. The molecule has 0 saturated carbocycles. The average Bonchev–Trinajstić information content (AvgIpc) is 3.03. The molecule has 0 radical (unpaired) electrons. The third kappa shape index (κ3) is 3.67. The second-order valence-electron chi connectivity index (χ2n) is 4.79. The Balaban J connectivity index is 2.09. The highest BCUT2D eigenvalue weighted by atomic mass is 32.1. The third-order valence-electron chi connectivity index (χ3n) is 3.36. The molecule has 0 aliphatic carbocycles. The lowest BCUT2D eigenvalue weighted by molar-refractivity contribution is 0.513. The van der Waals surface area contributed by atoms with Crippen LogP contribution in [0.1, 0.15) is 42.4 Å². The summed E-state index contributed by atoms with van der Waals surface area (Å²) in [4.78, 5) is 1.46. The third-order valence-corrected chi connectivity index (χ3v) is 4.29. The van der Waals surface area contributed by atoms with Crippen molar-refractivity contribution < 1.29 is 0 Å². The van der Waals surface area contributed by atoms with E-state index in [4.69, 9.17) is 0 Å². The minimum absolute atomic E-state index is 0.413. The van der Waals surface area contributed by atoms with Crippen LogP contribution in [0.2, 0.25) is 0 Å². The standard InChI is InChI=1S/C15H23N3S/c1-4-14-13(11-18(3)17-14)15(16-5-2)9-8-12-7-6-10-19-12/h6-7,10-11,15-16H,4-5,8-9H2,1-3H3. The summed E-state index contributed by atoms with van der Waals surface area (Å²) < 4.78 is 1.93. The lowest BCUT2D eigenvalue weighted by Gasteiger charge is -2.17. The highest BCUT2D eigenvalue weighted by molar-refractivity contribution is 7.09. The Hall–Kier alpha value is -1.13. The van der Waals surface area contributed by atoms with Crippen LogP contribution in [0, 0.1) is 0 Å². The largest absolute Gasteiger partial charge is 0.310 e. The molecular formula is C15H23N3S. The van der Waals surface area contributed by atoms with E-state index in [1.165, 1.54) is 16.1 Å². The van der Waals surface area contributed by atoms with Crippen molar-refractivity contribution in [1.82, 2.24) is 15.1 Å². The monoisotopic (exact) mass is 277 g/mol. The molecule has 0 aliphatic heterocycles. The first-order valence-electron chi connectivity index (χ1n) is 7.02. The van der Waals surface area contributed by atoms with Gasteiger partial charge in [0.2, 0.25) is 0 Å². The molecule has 0 bridgehead atoms. The van der Waals surface area contributed by atoms with Gasteiger partial charge in [0.05, 0.1) is 5.69 Å². The maximum atomic E-state index is 4.56. The van der Waals surface area contributed by atoms with Crippen molar-refractivity contribution in [3.8, 4) is 0 Å². The van der Waals surface area contributed by atoms with E-state index in [1.807, 2.05) is 23.1 Å². The summed E-state index contributed by atoms with van der Waals surface area (Å²) in [7, 11) is 2.00. The minimum atomic E-state index is 0.413. The molecule has 1 N–H and O–H groups in total. The molecule has 2 rings (SSSR count). The minimum Gasteiger partial charge on any atom is -0.310 e. The molecule has 0 fully saturated rings. The molecule has 0 aromatic carbocycles. The molecular weight excluding hydrogens is 254 g/mol. The zero-order valence-electron chi connectivity index (χ0n) is 12.0. The van der Waals surface area contributed by atoms with Gasteiger partial charge in [-0.1, -0.05) is 19.9 Å². The zero-order valence-corrected chi connectivity index (χ0v) is 12.8. The van der Waals surface area contributed by atoms with Crippen molar-refractivity contribution in [1.29, 1.82) is 0 Å². The number of thiophene rings is 1. The number of nitrogens with one attached hydrogen (secondary N) is 1. The molecule has 0 aliphatic rings. The first kappa shape index (κ1) is 14.3. The summed E-state index contributed by atoms with van der Waals surface area (Å²) in [6.07, 6.45) is 5.43. The Bertz CT molecular complexity index is 487. The molecule has 2 aromatic heterocycles. The Morgan fingerprint density at radius 1 is 1.42 bits per heavy atom. The van der Waals surface area contributed by atoms with Gasteiger partial charge in [-0.15, -0.1) is 11.3 Å². The van der Waals surface area contributed by atoms with Crippen LogP contribution in [-0.2, 0) is 19.9 Å². The topological polar surface area (TPSA) is 29.9 Å². The summed E-state index contributed by atoms with van der Waals surface area (Å²) in [6, 6.07) is 4.76. The van der Waals surface area contributed by atoms with Gasteiger partial charge in [-0.25, -0.2) is 0 Å². The fourth-order valence-corrected chi connectivity index (χ4v) is 3.20. The second kappa shape index (κ2) is 6.87. The first-order chi connectivity index (χ1) is 9.24. The Morgan fingerprint density at radius 3 is 2.89 bits per heavy atom. The molecule has 0 spiro atoms. The van der Waals surface area contributed by atoms with Gasteiger partial charge in [-0.3, -0.25) is 4.68 Å². The van der Waals surface area contributed by atoms with Gasteiger partial charge in [0.1, 0.15) is 0 Å². The molecule has 4 heteroatoms. The lowest BCUT2D eigenvalue weighted by atomic mass is 10.0. The summed E-state index contributed by atoms with van der Waals surface area (Å²) in [6.45, 7) is 5.33. The van der Waals surface area contributed by atoms with E-state index in [9.17, 15) is 0 Å².